The largest absolute Gasteiger partial charge is 0.379 e. The molecule has 1 aliphatic carbocycles. The molecule has 2 aromatic carbocycles. The van der Waals surface area contributed by atoms with Crippen LogP contribution in [-0.4, -0.2) is 88.5 Å². The molecule has 214 valence electrons. The molecule has 3 aliphatic rings. The van der Waals surface area contributed by atoms with Crippen molar-refractivity contribution in [1.82, 2.24) is 14.9 Å². The van der Waals surface area contributed by atoms with Crippen LogP contribution >= 0.6 is 0 Å². The van der Waals surface area contributed by atoms with Crippen LogP contribution in [0.5, 0.6) is 0 Å². The number of anilines is 3. The van der Waals surface area contributed by atoms with Gasteiger partial charge >= 0.3 is 0 Å². The molecule has 1 saturated carbocycles. The van der Waals surface area contributed by atoms with E-state index in [0.717, 1.165) is 82.5 Å². The maximum Gasteiger partial charge on any atom is 0.140 e. The summed E-state index contributed by atoms with van der Waals surface area (Å²) in [4.78, 5) is 20.2. The monoisotopic (exact) mass is 542 g/mol. The third-order valence-electron chi connectivity index (χ3n) is 9.35. The molecule has 3 fully saturated rings. The van der Waals surface area contributed by atoms with Gasteiger partial charge in [-0.05, 0) is 61.4 Å². The van der Waals surface area contributed by atoms with Crippen molar-refractivity contribution in [3.05, 3.63) is 53.9 Å². The van der Waals surface area contributed by atoms with Gasteiger partial charge in [-0.1, -0.05) is 31.0 Å². The number of morpholine rings is 1. The molecule has 7 nitrogen and oxygen atoms in total. The Morgan fingerprint density at radius 1 is 0.850 bits per heavy atom. The van der Waals surface area contributed by atoms with Crippen LogP contribution in [0.1, 0.15) is 61.7 Å². The topological polar surface area (TPSA) is 48.0 Å². The number of fused-ring (bicyclic) bond motifs is 1. The highest BCUT2D eigenvalue weighted by molar-refractivity contribution is 5.92. The molecule has 0 N–H and O–H groups in total. The lowest BCUT2D eigenvalue weighted by Gasteiger charge is -2.35. The van der Waals surface area contributed by atoms with E-state index in [9.17, 15) is 0 Å². The standard InChI is InChI=1S/C33H46N6O/c1-36(2)31-11-7-6-10-28(31)25-14-16-39(17-15-25)33-29-24-27(37(3)18-19-38-20-22-40-23-21-38)12-13-30(29)34-32(35-33)26-8-4-5-9-26/h6-7,10-13,24-26H,4-5,8-9,14-23H2,1-3H3. The van der Waals surface area contributed by atoms with Gasteiger partial charge in [0.15, 0.2) is 0 Å². The lowest BCUT2D eigenvalue weighted by atomic mass is 9.88. The molecule has 2 saturated heterocycles. The Hall–Kier alpha value is -2.90. The van der Waals surface area contributed by atoms with E-state index in [0.29, 0.717) is 11.8 Å². The van der Waals surface area contributed by atoms with Crippen LogP contribution in [0.2, 0.25) is 0 Å². The van der Waals surface area contributed by atoms with Crippen LogP contribution in [0.3, 0.4) is 0 Å². The Morgan fingerprint density at radius 3 is 2.35 bits per heavy atom. The second kappa shape index (κ2) is 12.3. The van der Waals surface area contributed by atoms with Gasteiger partial charge in [0.1, 0.15) is 11.6 Å². The average Bonchev–Trinajstić information content (AvgIpc) is 3.55. The number of para-hydroxylation sites is 1. The molecule has 1 aromatic heterocycles. The smallest absolute Gasteiger partial charge is 0.140 e. The minimum Gasteiger partial charge on any atom is -0.379 e. The molecule has 0 atom stereocenters. The van der Waals surface area contributed by atoms with E-state index in [2.05, 4.69) is 83.2 Å². The van der Waals surface area contributed by atoms with Crippen molar-refractivity contribution in [2.75, 3.05) is 88.3 Å². The molecule has 40 heavy (non-hydrogen) atoms. The van der Waals surface area contributed by atoms with E-state index in [-0.39, 0.29) is 0 Å². The number of aromatic nitrogens is 2. The highest BCUT2D eigenvalue weighted by atomic mass is 16.5. The lowest BCUT2D eigenvalue weighted by Crippen LogP contribution is -2.40. The van der Waals surface area contributed by atoms with Crippen molar-refractivity contribution < 1.29 is 4.74 Å². The first kappa shape index (κ1) is 27.3. The Bertz CT molecular complexity index is 1280. The van der Waals surface area contributed by atoms with Gasteiger partial charge in [-0.15, -0.1) is 0 Å². The van der Waals surface area contributed by atoms with Crippen molar-refractivity contribution in [2.24, 2.45) is 0 Å². The van der Waals surface area contributed by atoms with Crippen molar-refractivity contribution in [1.29, 1.82) is 0 Å². The van der Waals surface area contributed by atoms with Crippen LogP contribution < -0.4 is 14.7 Å². The highest BCUT2D eigenvalue weighted by Gasteiger charge is 2.27. The molecule has 0 amide bonds. The molecule has 0 bridgehead atoms. The zero-order chi connectivity index (χ0) is 27.5. The molecule has 3 heterocycles. The van der Waals surface area contributed by atoms with Gasteiger partial charge in [-0.25, -0.2) is 9.97 Å². The fourth-order valence-electron chi connectivity index (χ4n) is 6.85. The van der Waals surface area contributed by atoms with Crippen LogP contribution in [0.4, 0.5) is 17.2 Å². The summed E-state index contributed by atoms with van der Waals surface area (Å²) in [7, 11) is 6.52. The van der Waals surface area contributed by atoms with Gasteiger partial charge in [-0.3, -0.25) is 4.90 Å². The number of rotatable bonds is 8. The second-order valence-corrected chi connectivity index (χ2v) is 12.2. The van der Waals surface area contributed by atoms with Crippen molar-refractivity contribution in [3.8, 4) is 0 Å². The Labute approximate surface area is 240 Å². The molecule has 3 aromatic rings. The van der Waals surface area contributed by atoms with E-state index in [4.69, 9.17) is 14.7 Å². The van der Waals surface area contributed by atoms with Crippen molar-refractivity contribution in [3.63, 3.8) is 0 Å². The Kier molecular flexibility index (Phi) is 8.40. The summed E-state index contributed by atoms with van der Waals surface area (Å²) in [6, 6.07) is 15.8. The molecule has 6 rings (SSSR count). The quantitative estimate of drug-likeness (QED) is 0.372. The zero-order valence-electron chi connectivity index (χ0n) is 24.7. The van der Waals surface area contributed by atoms with Crippen LogP contribution in [-0.2, 0) is 4.74 Å². The summed E-state index contributed by atoms with van der Waals surface area (Å²) < 4.78 is 5.53. The molecular formula is C33H46N6O. The number of ether oxygens (including phenoxy) is 1. The second-order valence-electron chi connectivity index (χ2n) is 12.2. The van der Waals surface area contributed by atoms with Crippen LogP contribution in [0, 0.1) is 0 Å². The van der Waals surface area contributed by atoms with E-state index in [1.54, 1.807) is 0 Å². The van der Waals surface area contributed by atoms with E-state index < -0.39 is 0 Å². The first-order valence-electron chi connectivity index (χ1n) is 15.4. The summed E-state index contributed by atoms with van der Waals surface area (Å²) in [5.74, 6) is 3.30. The minimum atomic E-state index is 0.503. The fraction of sp³-hybridized carbons (Fsp3) is 0.576. The molecule has 0 radical (unpaired) electrons. The van der Waals surface area contributed by atoms with Gasteiger partial charge in [0.2, 0.25) is 0 Å². The predicted octanol–water partition coefficient (Wildman–Crippen LogP) is 5.51. The molecule has 2 aliphatic heterocycles. The van der Waals surface area contributed by atoms with Gasteiger partial charge in [0.25, 0.3) is 0 Å². The third-order valence-corrected chi connectivity index (χ3v) is 9.35. The van der Waals surface area contributed by atoms with Gasteiger partial charge in [0, 0.05) is 83.1 Å². The number of piperidine rings is 1. The van der Waals surface area contributed by atoms with E-state index in [1.165, 1.54) is 48.0 Å². The van der Waals surface area contributed by atoms with Crippen LogP contribution in [0.15, 0.2) is 42.5 Å². The summed E-state index contributed by atoms with van der Waals surface area (Å²) in [6.07, 6.45) is 7.33. The van der Waals surface area contributed by atoms with E-state index >= 15 is 0 Å². The number of hydrogen-bond acceptors (Lipinski definition) is 7. The van der Waals surface area contributed by atoms with Crippen molar-refractivity contribution >= 4 is 28.1 Å². The molecule has 0 spiro atoms. The number of benzene rings is 2. The minimum absolute atomic E-state index is 0.503. The van der Waals surface area contributed by atoms with Gasteiger partial charge in [-0.2, -0.15) is 0 Å². The summed E-state index contributed by atoms with van der Waals surface area (Å²) in [5.41, 5.74) is 5.17. The Balaban J connectivity index is 1.25. The summed E-state index contributed by atoms with van der Waals surface area (Å²) >= 11 is 0. The highest BCUT2D eigenvalue weighted by Crippen LogP contribution is 2.39. The predicted molar refractivity (Wildman–Crippen MR) is 166 cm³/mol. The van der Waals surface area contributed by atoms with E-state index in [1.807, 2.05) is 0 Å². The van der Waals surface area contributed by atoms with Gasteiger partial charge < -0.3 is 19.4 Å². The third kappa shape index (κ3) is 5.91. The van der Waals surface area contributed by atoms with Gasteiger partial charge in [0.05, 0.1) is 18.7 Å². The average molecular weight is 543 g/mol. The zero-order valence-corrected chi connectivity index (χ0v) is 24.7. The Morgan fingerprint density at radius 2 is 1.60 bits per heavy atom. The first-order chi connectivity index (χ1) is 19.6. The molecule has 0 unspecified atom stereocenters. The maximum atomic E-state index is 5.53. The normalized spacial score (nSPS) is 19.4. The number of hydrogen-bond donors (Lipinski definition) is 0. The molecule has 7 heteroatoms. The summed E-state index contributed by atoms with van der Waals surface area (Å²) in [5, 5.41) is 1.20. The van der Waals surface area contributed by atoms with Crippen LogP contribution in [0.25, 0.3) is 10.9 Å². The maximum absolute atomic E-state index is 5.53. The number of likely N-dealkylation sites (N-methyl/N-ethyl adjacent to an activating group) is 1. The summed E-state index contributed by atoms with van der Waals surface area (Å²) in [6.45, 7) is 7.87. The van der Waals surface area contributed by atoms with Crippen molar-refractivity contribution in [2.45, 2.75) is 50.4 Å². The first-order valence-corrected chi connectivity index (χ1v) is 15.4. The molecular weight excluding hydrogens is 496 g/mol. The lowest BCUT2D eigenvalue weighted by molar-refractivity contribution is 0.0393. The fourth-order valence-corrected chi connectivity index (χ4v) is 6.85. The number of nitrogens with zero attached hydrogens (tertiary/aromatic N) is 6. The SMILES string of the molecule is CN(C)c1ccccc1C1CCN(c2nc(C3CCCC3)nc3ccc(N(C)CCN4CCOCC4)cc23)CC1.